The highest BCUT2D eigenvalue weighted by Crippen LogP contribution is 2.64. The van der Waals surface area contributed by atoms with Crippen LogP contribution in [0.5, 0.6) is 0 Å². The van der Waals surface area contributed by atoms with E-state index in [0.717, 1.165) is 6.42 Å². The highest BCUT2D eigenvalue weighted by Gasteiger charge is 2.63. The number of hydrogen-bond acceptors (Lipinski definition) is 4. The predicted octanol–water partition coefficient (Wildman–Crippen LogP) is 3.30. The molecular formula is C24H38FN3O4. The first-order valence-electron chi connectivity index (χ1n) is 12.0. The maximum atomic E-state index is 15.7. The minimum absolute atomic E-state index is 0.0995. The van der Waals surface area contributed by atoms with Crippen LogP contribution >= 0.6 is 0 Å². The zero-order valence-electron chi connectivity index (χ0n) is 19.9. The van der Waals surface area contributed by atoms with Crippen molar-refractivity contribution in [1.82, 2.24) is 10.2 Å². The summed E-state index contributed by atoms with van der Waals surface area (Å²) in [5.74, 6) is -0.333. The molecule has 0 radical (unpaired) electrons. The molecule has 180 valence electrons. The van der Waals surface area contributed by atoms with E-state index in [1.807, 2.05) is 13.8 Å². The fourth-order valence-corrected chi connectivity index (χ4v) is 7.44. The van der Waals surface area contributed by atoms with Crippen molar-refractivity contribution in [3.8, 4) is 0 Å². The molecule has 3 N–H and O–H groups in total. The summed E-state index contributed by atoms with van der Waals surface area (Å²) >= 11 is 0. The van der Waals surface area contributed by atoms with E-state index in [1.165, 1.54) is 0 Å². The van der Waals surface area contributed by atoms with Crippen LogP contribution in [0.3, 0.4) is 0 Å². The van der Waals surface area contributed by atoms with Gasteiger partial charge in [-0.2, -0.15) is 0 Å². The smallest absolute Gasteiger partial charge is 0.408 e. The first kappa shape index (κ1) is 23.3. The number of rotatable bonds is 4. The Morgan fingerprint density at radius 1 is 1.09 bits per heavy atom. The predicted molar refractivity (Wildman–Crippen MR) is 117 cm³/mol. The molecule has 0 aromatic heterocycles. The quantitative estimate of drug-likeness (QED) is 0.685. The maximum Gasteiger partial charge on any atom is 0.408 e. The van der Waals surface area contributed by atoms with Gasteiger partial charge in [0.05, 0.1) is 0 Å². The zero-order valence-corrected chi connectivity index (χ0v) is 19.9. The Morgan fingerprint density at radius 3 is 2.19 bits per heavy atom. The van der Waals surface area contributed by atoms with Gasteiger partial charge in [-0.15, -0.1) is 0 Å². The first-order chi connectivity index (χ1) is 14.7. The lowest BCUT2D eigenvalue weighted by Gasteiger charge is -2.61. The van der Waals surface area contributed by atoms with Crippen molar-refractivity contribution in [2.24, 2.45) is 28.9 Å². The summed E-state index contributed by atoms with van der Waals surface area (Å²) in [5.41, 5.74) is 2.97. The third-order valence-electron chi connectivity index (χ3n) is 8.33. The summed E-state index contributed by atoms with van der Waals surface area (Å²) in [6, 6.07) is -1.85. The Bertz CT molecular complexity index is 796. The van der Waals surface area contributed by atoms with Crippen molar-refractivity contribution in [3.05, 3.63) is 0 Å². The van der Waals surface area contributed by atoms with E-state index < -0.39 is 40.8 Å². The summed E-state index contributed by atoms with van der Waals surface area (Å²) < 4.78 is 21.2. The molecule has 3 amide bonds. The van der Waals surface area contributed by atoms with Gasteiger partial charge in [0.25, 0.3) is 0 Å². The van der Waals surface area contributed by atoms with Crippen LogP contribution in [0.15, 0.2) is 0 Å². The molecule has 5 rings (SSSR count). The fourth-order valence-electron chi connectivity index (χ4n) is 7.44. The summed E-state index contributed by atoms with van der Waals surface area (Å²) in [4.78, 5) is 40.6. The Hall–Kier alpha value is -1.86. The summed E-state index contributed by atoms with van der Waals surface area (Å²) in [5, 5.41) is 2.85. The summed E-state index contributed by atoms with van der Waals surface area (Å²) in [6.07, 6.45) is 3.56. The van der Waals surface area contributed by atoms with E-state index in [-0.39, 0.29) is 36.1 Å². The largest absolute Gasteiger partial charge is 0.444 e. The van der Waals surface area contributed by atoms with Crippen LogP contribution in [0.2, 0.25) is 0 Å². The number of likely N-dealkylation sites (tertiary alicyclic amines) is 1. The van der Waals surface area contributed by atoms with E-state index in [1.54, 1.807) is 25.7 Å². The van der Waals surface area contributed by atoms with Crippen LogP contribution in [0.25, 0.3) is 0 Å². The van der Waals surface area contributed by atoms with Crippen molar-refractivity contribution < 1.29 is 23.5 Å². The molecule has 1 aliphatic heterocycles. The molecule has 7 nitrogen and oxygen atoms in total. The number of hydrogen-bond donors (Lipinski definition) is 2. The number of ether oxygens (including phenoxy) is 1. The van der Waals surface area contributed by atoms with E-state index >= 15 is 4.39 Å². The van der Waals surface area contributed by atoms with Gasteiger partial charge in [0.2, 0.25) is 11.8 Å². The van der Waals surface area contributed by atoms with Gasteiger partial charge in [0.1, 0.15) is 23.4 Å². The first-order valence-corrected chi connectivity index (χ1v) is 12.0. The van der Waals surface area contributed by atoms with Gasteiger partial charge in [0.15, 0.2) is 0 Å². The minimum atomic E-state index is -1.29. The molecule has 1 heterocycles. The van der Waals surface area contributed by atoms with E-state index in [0.29, 0.717) is 32.1 Å². The fraction of sp³-hybridized carbons (Fsp3) is 0.875. The molecule has 4 saturated carbocycles. The molecule has 3 unspecified atom stereocenters. The lowest BCUT2D eigenvalue weighted by molar-refractivity contribution is -0.161. The molecule has 4 aliphatic carbocycles. The second-order valence-corrected chi connectivity index (χ2v) is 12.2. The van der Waals surface area contributed by atoms with Gasteiger partial charge in [-0.25, -0.2) is 9.18 Å². The zero-order chi connectivity index (χ0) is 23.6. The number of primary amides is 1. The molecule has 5 aliphatic rings. The van der Waals surface area contributed by atoms with Crippen LogP contribution in [0, 0.1) is 23.2 Å². The SMILES string of the molecule is CC1[C@@H](C)C[C@@H](C(N)=O)N1C(=O)[C@@H](NC(=O)OC(C)(C)C)C12CC3CC(CC(F)(C3)C1)C2. The van der Waals surface area contributed by atoms with Gasteiger partial charge < -0.3 is 20.7 Å². The standard InChI is InChI=1S/C24H38FN3O4/c1-13-6-17(19(26)29)28(14(13)2)20(30)18(27-21(31)32-22(3,4)5)23-8-15-7-16(9-23)11-24(25,10-15)12-23/h13-18H,6-12H2,1-5H3,(H2,26,29)(H,27,31)/t13-,14?,15?,16?,17-,18+,23?,24?/m0/s1. The Morgan fingerprint density at radius 2 is 1.69 bits per heavy atom. The van der Waals surface area contributed by atoms with Crippen LogP contribution in [-0.4, -0.2) is 52.2 Å². The number of alkyl carbamates (subject to hydrolysis) is 1. The van der Waals surface area contributed by atoms with Gasteiger partial charge >= 0.3 is 6.09 Å². The average molecular weight is 452 g/mol. The molecule has 0 aromatic rings. The van der Waals surface area contributed by atoms with Gasteiger partial charge in [-0.1, -0.05) is 6.92 Å². The van der Waals surface area contributed by atoms with E-state index in [9.17, 15) is 14.4 Å². The Balaban J connectivity index is 1.69. The molecule has 32 heavy (non-hydrogen) atoms. The number of nitrogens with zero attached hydrogens (tertiary/aromatic N) is 1. The van der Waals surface area contributed by atoms with E-state index in [4.69, 9.17) is 10.5 Å². The van der Waals surface area contributed by atoms with Crippen LogP contribution in [-0.2, 0) is 14.3 Å². The van der Waals surface area contributed by atoms with Crippen LogP contribution < -0.4 is 11.1 Å². The highest BCUT2D eigenvalue weighted by molar-refractivity contribution is 5.92. The van der Waals surface area contributed by atoms with E-state index in [2.05, 4.69) is 5.32 Å². The van der Waals surface area contributed by atoms with Gasteiger partial charge in [0, 0.05) is 11.5 Å². The topological polar surface area (TPSA) is 102 Å². The normalized spacial score (nSPS) is 41.4. The van der Waals surface area contributed by atoms with Crippen LogP contribution in [0.1, 0.15) is 79.6 Å². The molecular weight excluding hydrogens is 413 g/mol. The number of halogens is 1. The number of nitrogens with two attached hydrogens (primary N) is 1. The van der Waals surface area contributed by atoms with Crippen molar-refractivity contribution in [1.29, 1.82) is 0 Å². The Labute approximate surface area is 190 Å². The number of alkyl halides is 1. The number of carbonyl (C=O) groups is 3. The highest BCUT2D eigenvalue weighted by atomic mass is 19.1. The number of nitrogens with one attached hydrogen (secondary N) is 1. The Kier molecular flexibility index (Phi) is 5.53. The lowest BCUT2D eigenvalue weighted by Crippen LogP contribution is -2.66. The van der Waals surface area contributed by atoms with Crippen molar-refractivity contribution >= 4 is 17.9 Å². The van der Waals surface area contributed by atoms with Crippen LogP contribution in [0.4, 0.5) is 9.18 Å². The van der Waals surface area contributed by atoms with Gasteiger partial charge in [-0.3, -0.25) is 9.59 Å². The van der Waals surface area contributed by atoms with Crippen molar-refractivity contribution in [3.63, 3.8) is 0 Å². The van der Waals surface area contributed by atoms with Crippen molar-refractivity contribution in [2.45, 2.75) is 109 Å². The monoisotopic (exact) mass is 451 g/mol. The molecule has 8 heteroatoms. The molecule has 4 bridgehead atoms. The molecule has 1 saturated heterocycles. The summed E-state index contributed by atoms with van der Waals surface area (Å²) in [7, 11) is 0. The second kappa shape index (κ2) is 7.59. The third-order valence-corrected chi connectivity index (χ3v) is 8.33. The third kappa shape index (κ3) is 4.10. The lowest BCUT2D eigenvalue weighted by atomic mass is 9.46. The minimum Gasteiger partial charge on any atom is -0.444 e. The molecule has 6 atom stereocenters. The molecule has 5 fully saturated rings. The van der Waals surface area contributed by atoms with Crippen molar-refractivity contribution in [2.75, 3.05) is 0 Å². The number of amides is 3. The maximum absolute atomic E-state index is 15.7. The second-order valence-electron chi connectivity index (χ2n) is 12.2. The van der Waals surface area contributed by atoms with Gasteiger partial charge in [-0.05, 0) is 90.4 Å². The average Bonchev–Trinajstić information content (AvgIpc) is 2.91. The molecule has 0 spiro atoms. The number of carbonyl (C=O) groups excluding carboxylic acids is 3. The summed E-state index contributed by atoms with van der Waals surface area (Å²) in [6.45, 7) is 9.19. The molecule has 0 aromatic carbocycles.